The van der Waals surface area contributed by atoms with Gasteiger partial charge in [0.15, 0.2) is 0 Å². The van der Waals surface area contributed by atoms with E-state index in [2.05, 4.69) is 21.9 Å². The highest BCUT2D eigenvalue weighted by atomic mass is 19.4. The average Bonchev–Trinajstić information content (AvgIpc) is 2.89. The van der Waals surface area contributed by atoms with Crippen LogP contribution in [-0.4, -0.2) is 35.2 Å². The van der Waals surface area contributed by atoms with Gasteiger partial charge in [0.1, 0.15) is 5.75 Å². The van der Waals surface area contributed by atoms with Gasteiger partial charge >= 0.3 is 6.36 Å². The molecule has 0 bridgehead atoms. The molecule has 1 aromatic heterocycles. The number of alkyl halides is 3. The predicted molar refractivity (Wildman–Crippen MR) is 137 cm³/mol. The quantitative estimate of drug-likeness (QED) is 0.289. The first-order valence-electron chi connectivity index (χ1n) is 12.4. The van der Waals surface area contributed by atoms with Crippen LogP contribution >= 0.6 is 0 Å². The number of carbonyl (C=O) groups is 1. The fourth-order valence-electron chi connectivity index (χ4n) is 5.25. The normalized spacial score (nSPS) is 16.1. The van der Waals surface area contributed by atoms with Gasteiger partial charge in [-0.1, -0.05) is 42.5 Å². The van der Waals surface area contributed by atoms with Crippen molar-refractivity contribution in [2.75, 3.05) is 13.1 Å². The third-order valence-electron chi connectivity index (χ3n) is 7.02. The molecule has 3 aromatic carbocycles. The first-order valence-corrected chi connectivity index (χ1v) is 12.4. The summed E-state index contributed by atoms with van der Waals surface area (Å²) in [6.45, 7) is 3.27. The second kappa shape index (κ2) is 10.2. The van der Waals surface area contributed by atoms with E-state index >= 15 is 0 Å². The minimum absolute atomic E-state index is 0.0133. The number of hydrogen-bond donors (Lipinski definition) is 0. The summed E-state index contributed by atoms with van der Waals surface area (Å²) in [7, 11) is 0. The van der Waals surface area contributed by atoms with Crippen molar-refractivity contribution < 1.29 is 22.7 Å². The number of halogens is 3. The molecular weight excluding hydrogens is 477 g/mol. The van der Waals surface area contributed by atoms with Crippen molar-refractivity contribution >= 4 is 16.8 Å². The zero-order chi connectivity index (χ0) is 26.0. The smallest absolute Gasteiger partial charge is 0.406 e. The number of rotatable bonds is 5. The molecule has 1 aliphatic heterocycles. The van der Waals surface area contributed by atoms with E-state index in [1.165, 1.54) is 17.7 Å². The molecule has 0 N–H and O–H groups in total. The fraction of sp³-hybridized carbons (Fsp3) is 0.267. The number of pyridine rings is 1. The summed E-state index contributed by atoms with van der Waals surface area (Å²) in [5.41, 5.74) is 5.18. The van der Waals surface area contributed by atoms with Gasteiger partial charge in [0, 0.05) is 30.2 Å². The van der Waals surface area contributed by atoms with Crippen molar-refractivity contribution in [1.82, 2.24) is 9.88 Å². The lowest BCUT2D eigenvalue weighted by atomic mass is 9.89. The topological polar surface area (TPSA) is 42.4 Å². The van der Waals surface area contributed by atoms with Gasteiger partial charge in [-0.15, -0.1) is 13.2 Å². The number of para-hydroxylation sites is 1. The summed E-state index contributed by atoms with van der Waals surface area (Å²) in [5.74, 6) is 0.0660. The van der Waals surface area contributed by atoms with Crippen LogP contribution in [0.4, 0.5) is 13.2 Å². The molecule has 5 rings (SSSR count). The Balaban J connectivity index is 1.33. The van der Waals surface area contributed by atoms with Crippen molar-refractivity contribution in [3.05, 3.63) is 95.7 Å². The lowest BCUT2D eigenvalue weighted by Gasteiger charge is -2.33. The minimum atomic E-state index is -4.74. The Kier molecular flexibility index (Phi) is 6.87. The van der Waals surface area contributed by atoms with Crippen molar-refractivity contribution in [2.45, 2.75) is 32.5 Å². The SMILES string of the molecule is Cc1c(C(=O)N2CCC[C@@H](Cc3ccnc4ccccc34)C2)cccc1-c1ccc(OC(F)(F)F)cc1. The number of benzene rings is 3. The Morgan fingerprint density at radius 2 is 1.81 bits per heavy atom. The first-order chi connectivity index (χ1) is 17.8. The van der Waals surface area contributed by atoms with Crippen molar-refractivity contribution in [2.24, 2.45) is 5.92 Å². The van der Waals surface area contributed by atoms with E-state index in [1.807, 2.05) is 54.4 Å². The Morgan fingerprint density at radius 1 is 1.03 bits per heavy atom. The van der Waals surface area contributed by atoms with Crippen LogP contribution in [0, 0.1) is 12.8 Å². The largest absolute Gasteiger partial charge is 0.573 e. The van der Waals surface area contributed by atoms with Crippen LogP contribution in [-0.2, 0) is 6.42 Å². The molecule has 1 saturated heterocycles. The van der Waals surface area contributed by atoms with Gasteiger partial charge in [-0.3, -0.25) is 9.78 Å². The van der Waals surface area contributed by atoms with Crippen LogP contribution in [0.2, 0.25) is 0 Å². The summed E-state index contributed by atoms with van der Waals surface area (Å²) in [6, 6.07) is 21.4. The third-order valence-corrected chi connectivity index (χ3v) is 7.02. The van der Waals surface area contributed by atoms with E-state index in [-0.39, 0.29) is 11.7 Å². The summed E-state index contributed by atoms with van der Waals surface area (Å²) in [4.78, 5) is 20.0. The molecule has 0 saturated carbocycles. The molecule has 2 heterocycles. The fourth-order valence-corrected chi connectivity index (χ4v) is 5.25. The number of ether oxygens (including phenoxy) is 1. The molecule has 1 amide bonds. The predicted octanol–water partition coefficient (Wildman–Crippen LogP) is 7.20. The van der Waals surface area contributed by atoms with Crippen LogP contribution in [0.1, 0.15) is 34.3 Å². The molecule has 1 atom stereocenters. The summed E-state index contributed by atoms with van der Waals surface area (Å²) >= 11 is 0. The molecule has 0 spiro atoms. The molecule has 4 aromatic rings. The van der Waals surface area contributed by atoms with Gasteiger partial charge in [-0.2, -0.15) is 0 Å². The Bertz CT molecular complexity index is 1410. The van der Waals surface area contributed by atoms with E-state index in [9.17, 15) is 18.0 Å². The molecular formula is C30H27F3N2O2. The summed E-state index contributed by atoms with van der Waals surface area (Å²) in [5, 5.41) is 1.16. The zero-order valence-electron chi connectivity index (χ0n) is 20.5. The molecule has 0 radical (unpaired) electrons. The highest BCUT2D eigenvalue weighted by molar-refractivity contribution is 5.97. The maximum absolute atomic E-state index is 13.6. The van der Waals surface area contributed by atoms with Crippen molar-refractivity contribution in [1.29, 1.82) is 0 Å². The van der Waals surface area contributed by atoms with Gasteiger partial charge < -0.3 is 9.64 Å². The lowest BCUT2D eigenvalue weighted by Crippen LogP contribution is -2.40. The van der Waals surface area contributed by atoms with Crippen molar-refractivity contribution in [3.8, 4) is 16.9 Å². The van der Waals surface area contributed by atoms with Crippen molar-refractivity contribution in [3.63, 3.8) is 0 Å². The Morgan fingerprint density at radius 3 is 2.59 bits per heavy atom. The van der Waals surface area contributed by atoms with Crippen LogP contribution < -0.4 is 4.74 Å². The third kappa shape index (κ3) is 5.61. The van der Waals surface area contributed by atoms with E-state index < -0.39 is 6.36 Å². The Hall–Kier alpha value is -3.87. The number of hydrogen-bond acceptors (Lipinski definition) is 3. The lowest BCUT2D eigenvalue weighted by molar-refractivity contribution is -0.274. The number of amides is 1. The first kappa shape index (κ1) is 24.8. The van der Waals surface area contributed by atoms with Crippen LogP contribution in [0.25, 0.3) is 22.0 Å². The average molecular weight is 505 g/mol. The van der Waals surface area contributed by atoms with Crippen LogP contribution in [0.5, 0.6) is 5.75 Å². The number of carbonyl (C=O) groups excluding carboxylic acids is 1. The van der Waals surface area contributed by atoms with Gasteiger partial charge in [0.2, 0.25) is 0 Å². The standard InChI is InChI=1S/C30H27F3N2O2/c1-20-25(22-11-13-24(14-12-22)37-30(31,32)33)8-4-9-26(20)29(36)35-17-5-6-21(19-35)18-23-15-16-34-28-10-3-2-7-27(23)28/h2-4,7-16,21H,5-6,17-19H2,1H3/t21-/m0/s1. The highest BCUT2D eigenvalue weighted by Crippen LogP contribution is 2.31. The molecule has 0 unspecified atom stereocenters. The monoisotopic (exact) mass is 504 g/mol. The van der Waals surface area contributed by atoms with Gasteiger partial charge in [0.05, 0.1) is 5.52 Å². The van der Waals surface area contributed by atoms with Gasteiger partial charge in [-0.05, 0) is 84.7 Å². The molecule has 4 nitrogen and oxygen atoms in total. The second-order valence-corrected chi connectivity index (χ2v) is 9.50. The van der Waals surface area contributed by atoms with E-state index in [0.717, 1.165) is 46.9 Å². The van der Waals surface area contributed by atoms with Crippen LogP contribution in [0.3, 0.4) is 0 Å². The molecule has 1 aliphatic rings. The van der Waals surface area contributed by atoms with E-state index in [4.69, 9.17) is 0 Å². The summed E-state index contributed by atoms with van der Waals surface area (Å²) in [6.07, 6.45) is 0.00340. The zero-order valence-corrected chi connectivity index (χ0v) is 20.5. The number of likely N-dealkylation sites (tertiary alicyclic amines) is 1. The molecule has 0 aliphatic carbocycles. The number of nitrogens with zero attached hydrogens (tertiary/aromatic N) is 2. The molecule has 37 heavy (non-hydrogen) atoms. The maximum Gasteiger partial charge on any atom is 0.573 e. The molecule has 190 valence electrons. The maximum atomic E-state index is 13.6. The van der Waals surface area contributed by atoms with E-state index in [1.54, 1.807) is 12.1 Å². The van der Waals surface area contributed by atoms with Gasteiger partial charge in [-0.25, -0.2) is 0 Å². The van der Waals surface area contributed by atoms with E-state index in [0.29, 0.717) is 24.6 Å². The summed E-state index contributed by atoms with van der Waals surface area (Å²) < 4.78 is 41.5. The molecule has 7 heteroatoms. The van der Waals surface area contributed by atoms with Gasteiger partial charge in [0.25, 0.3) is 5.91 Å². The van der Waals surface area contributed by atoms with Crippen LogP contribution in [0.15, 0.2) is 79.0 Å². The molecule has 1 fully saturated rings. The number of fused-ring (bicyclic) bond motifs is 1. The highest BCUT2D eigenvalue weighted by Gasteiger charge is 2.31. The minimum Gasteiger partial charge on any atom is -0.406 e. The second-order valence-electron chi connectivity index (χ2n) is 9.50. The number of aromatic nitrogens is 1. The Labute approximate surface area is 213 Å². The number of piperidine rings is 1.